The Balaban J connectivity index is 0.000000224. The first-order valence-corrected chi connectivity index (χ1v) is 11.2. The number of hydrogen-bond acceptors (Lipinski definition) is 4. The molecule has 2 aliphatic rings. The van der Waals surface area contributed by atoms with Gasteiger partial charge in [0, 0.05) is 63.1 Å². The first kappa shape index (κ1) is 24.3. The molecule has 2 aliphatic heterocycles. The second kappa shape index (κ2) is 10.2. The van der Waals surface area contributed by atoms with Gasteiger partial charge in [-0.05, 0) is 72.8 Å². The molecular formula is C28H26CuN6. The van der Waals surface area contributed by atoms with Gasteiger partial charge >= 0.3 is 0 Å². The summed E-state index contributed by atoms with van der Waals surface area (Å²) in [6, 6.07) is 16.4. The summed E-state index contributed by atoms with van der Waals surface area (Å²) >= 11 is 0. The number of hydrogen-bond donors (Lipinski definition) is 2. The van der Waals surface area contributed by atoms with Gasteiger partial charge in [-0.3, -0.25) is 9.97 Å². The van der Waals surface area contributed by atoms with Crippen LogP contribution in [-0.4, -0.2) is 29.9 Å². The van der Waals surface area contributed by atoms with Gasteiger partial charge in [0.05, 0.1) is 28.5 Å². The fourth-order valence-electron chi connectivity index (χ4n) is 3.63. The Morgan fingerprint density at radius 3 is 1.46 bits per heavy atom. The Morgan fingerprint density at radius 1 is 0.600 bits per heavy atom. The first-order chi connectivity index (χ1) is 16.4. The number of H-pyrrole nitrogens is 2. The van der Waals surface area contributed by atoms with Crippen LogP contribution in [0.5, 0.6) is 0 Å². The van der Waals surface area contributed by atoms with Crippen molar-refractivity contribution in [2.75, 3.05) is 0 Å². The number of aromatic amines is 2. The van der Waals surface area contributed by atoms with E-state index in [1.165, 1.54) is 0 Å². The van der Waals surface area contributed by atoms with Crippen molar-refractivity contribution in [2.45, 2.75) is 26.2 Å². The van der Waals surface area contributed by atoms with Crippen molar-refractivity contribution >= 4 is 46.4 Å². The van der Waals surface area contributed by atoms with Crippen molar-refractivity contribution in [3.05, 3.63) is 95.6 Å². The molecule has 7 heteroatoms. The number of aromatic nitrogens is 6. The molecule has 0 spiro atoms. The maximum atomic E-state index is 4.62. The zero-order chi connectivity index (χ0) is 23.5. The molecule has 0 saturated carbocycles. The van der Waals surface area contributed by atoms with Crippen LogP contribution in [0.1, 0.15) is 49.2 Å². The van der Waals surface area contributed by atoms with Crippen molar-refractivity contribution in [2.24, 2.45) is 0 Å². The van der Waals surface area contributed by atoms with Crippen LogP contribution in [0.3, 0.4) is 0 Å². The number of fused-ring (bicyclic) bond motifs is 8. The zero-order valence-corrected chi connectivity index (χ0v) is 20.7. The molecule has 4 aromatic heterocycles. The van der Waals surface area contributed by atoms with E-state index in [0.29, 0.717) is 0 Å². The summed E-state index contributed by atoms with van der Waals surface area (Å²) in [5.41, 5.74) is 9.02. The number of nitrogens with zero attached hydrogens (tertiary/aromatic N) is 4. The molecule has 0 aromatic carbocycles. The summed E-state index contributed by atoms with van der Waals surface area (Å²) in [5, 5.41) is 0. The molecule has 8 bridgehead atoms. The number of rotatable bonds is 0. The van der Waals surface area contributed by atoms with Crippen LogP contribution in [0.4, 0.5) is 0 Å². The van der Waals surface area contributed by atoms with E-state index in [-0.39, 0.29) is 22.5 Å². The van der Waals surface area contributed by atoms with Crippen LogP contribution < -0.4 is 0 Å². The smallest absolute Gasteiger partial charge is 0.0659 e. The van der Waals surface area contributed by atoms with Gasteiger partial charge in [-0.15, -0.1) is 0 Å². The van der Waals surface area contributed by atoms with Crippen molar-refractivity contribution in [1.82, 2.24) is 29.9 Å². The third-order valence-electron chi connectivity index (χ3n) is 5.37. The largest absolute Gasteiger partial charge is 0.355 e. The summed E-state index contributed by atoms with van der Waals surface area (Å²) in [4.78, 5) is 24.2. The molecule has 0 atom stereocenters. The SMILES string of the molecule is C1=Cc2cc3ccc(cc4ccc(cc5nc(cc1n2)C=C5)[nH]4)[nH]3.CC(C)(C)c1cnccn1.[Cu]. The molecule has 0 fully saturated rings. The van der Waals surface area contributed by atoms with Crippen molar-refractivity contribution in [1.29, 1.82) is 0 Å². The van der Waals surface area contributed by atoms with Crippen molar-refractivity contribution in [3.63, 3.8) is 0 Å². The first-order valence-electron chi connectivity index (χ1n) is 11.2. The summed E-state index contributed by atoms with van der Waals surface area (Å²) in [6.45, 7) is 6.37. The molecule has 35 heavy (non-hydrogen) atoms. The van der Waals surface area contributed by atoms with Crippen LogP contribution in [-0.2, 0) is 22.5 Å². The van der Waals surface area contributed by atoms with Gasteiger partial charge in [0.2, 0.25) is 0 Å². The standard InChI is InChI=1S/C20H14N4.C8H12N2.Cu/c1-2-14-10-16-5-6-18(23-16)12-20-8-7-19(24-20)11-17-4-3-15(22-17)9-13(1)21-14;1-8(2,3)7-6-9-4-5-10-7;/h1-12,21-22H;4-6H,1-3H3;. The van der Waals surface area contributed by atoms with E-state index in [2.05, 4.69) is 81.0 Å². The van der Waals surface area contributed by atoms with E-state index in [9.17, 15) is 0 Å². The van der Waals surface area contributed by atoms with Crippen molar-refractivity contribution in [3.8, 4) is 0 Å². The van der Waals surface area contributed by atoms with E-state index in [4.69, 9.17) is 0 Å². The van der Waals surface area contributed by atoms with Gasteiger partial charge in [-0.1, -0.05) is 20.8 Å². The van der Waals surface area contributed by atoms with E-state index < -0.39 is 0 Å². The van der Waals surface area contributed by atoms with Crippen LogP contribution in [0, 0.1) is 0 Å². The molecule has 2 N–H and O–H groups in total. The predicted molar refractivity (Wildman–Crippen MR) is 140 cm³/mol. The Morgan fingerprint density at radius 2 is 1.06 bits per heavy atom. The molecule has 6 nitrogen and oxygen atoms in total. The fraction of sp³-hybridized carbons (Fsp3) is 0.143. The fourth-order valence-corrected chi connectivity index (χ4v) is 3.63. The van der Waals surface area contributed by atoms with Crippen LogP contribution in [0.15, 0.2) is 67.1 Å². The molecule has 0 aliphatic carbocycles. The molecule has 4 aromatic rings. The van der Waals surface area contributed by atoms with Gasteiger partial charge in [-0.25, -0.2) is 9.97 Å². The Labute approximate surface area is 214 Å². The third kappa shape index (κ3) is 6.21. The molecule has 6 heterocycles. The maximum Gasteiger partial charge on any atom is 0.0659 e. The summed E-state index contributed by atoms with van der Waals surface area (Å²) in [7, 11) is 0. The van der Waals surface area contributed by atoms with Crippen molar-refractivity contribution < 1.29 is 17.1 Å². The summed E-state index contributed by atoms with van der Waals surface area (Å²) in [5.74, 6) is 0. The monoisotopic (exact) mass is 509 g/mol. The summed E-state index contributed by atoms with van der Waals surface area (Å²) < 4.78 is 0. The molecule has 6 rings (SSSR count). The topological polar surface area (TPSA) is 83.1 Å². The number of nitrogens with one attached hydrogen (secondary N) is 2. The minimum atomic E-state index is 0. The second-order valence-corrected chi connectivity index (χ2v) is 9.25. The second-order valence-electron chi connectivity index (χ2n) is 9.25. The molecule has 179 valence electrons. The van der Waals surface area contributed by atoms with Gasteiger partial charge in [0.15, 0.2) is 0 Å². The van der Waals surface area contributed by atoms with E-state index >= 15 is 0 Å². The molecular weight excluding hydrogens is 484 g/mol. The Hall–Kier alpha value is -3.80. The minimum Gasteiger partial charge on any atom is -0.355 e. The van der Waals surface area contributed by atoms with E-state index in [1.54, 1.807) is 18.6 Å². The zero-order valence-electron chi connectivity index (χ0n) is 19.8. The molecule has 0 unspecified atom stereocenters. The quantitative estimate of drug-likeness (QED) is 0.231. The average Bonchev–Trinajstić information content (AvgIpc) is 3.60. The Kier molecular flexibility index (Phi) is 7.10. The minimum absolute atomic E-state index is 0. The van der Waals surface area contributed by atoms with E-state index in [1.807, 2.05) is 42.5 Å². The van der Waals surface area contributed by atoms with Gasteiger partial charge in [-0.2, -0.15) is 0 Å². The molecule has 0 saturated heterocycles. The Bertz CT molecular complexity index is 1450. The van der Waals surface area contributed by atoms with E-state index in [0.717, 1.165) is 50.5 Å². The van der Waals surface area contributed by atoms with Crippen LogP contribution in [0.25, 0.3) is 46.4 Å². The van der Waals surface area contributed by atoms with Gasteiger partial charge in [0.1, 0.15) is 0 Å². The van der Waals surface area contributed by atoms with Gasteiger partial charge < -0.3 is 9.97 Å². The molecule has 0 amide bonds. The summed E-state index contributed by atoms with van der Waals surface area (Å²) in [6.07, 6.45) is 13.3. The van der Waals surface area contributed by atoms with Crippen LogP contribution in [0.2, 0.25) is 0 Å². The predicted octanol–water partition coefficient (Wildman–Crippen LogP) is 6.43. The normalized spacial score (nSPS) is 12.0. The third-order valence-corrected chi connectivity index (χ3v) is 5.37. The average molecular weight is 510 g/mol. The maximum absolute atomic E-state index is 4.62. The van der Waals surface area contributed by atoms with Crippen LogP contribution >= 0.6 is 0 Å². The molecule has 1 radical (unpaired) electrons. The van der Waals surface area contributed by atoms with Gasteiger partial charge in [0.25, 0.3) is 0 Å².